The zero-order chi connectivity index (χ0) is 23.2. The van der Waals surface area contributed by atoms with Gasteiger partial charge in [-0.1, -0.05) is 12.1 Å². The molecule has 1 aromatic heterocycles. The van der Waals surface area contributed by atoms with Crippen LogP contribution in [0.5, 0.6) is 11.5 Å². The van der Waals surface area contributed by atoms with E-state index >= 15 is 0 Å². The predicted octanol–water partition coefficient (Wildman–Crippen LogP) is 1.27. The van der Waals surface area contributed by atoms with Gasteiger partial charge in [-0.2, -0.15) is 18.3 Å². The van der Waals surface area contributed by atoms with Crippen molar-refractivity contribution in [1.82, 2.24) is 9.78 Å². The Kier molecular flexibility index (Phi) is 7.84. The predicted molar refractivity (Wildman–Crippen MR) is 108 cm³/mol. The molecule has 31 heavy (non-hydrogen) atoms. The molecular formula is C19H23F3N2O6Si. The summed E-state index contributed by atoms with van der Waals surface area (Å²) < 4.78 is 57.4. The number of carboxylic acid groups (broad SMARTS) is 1. The first-order chi connectivity index (χ1) is 14.4. The summed E-state index contributed by atoms with van der Waals surface area (Å²) in [6.07, 6.45) is -4.34. The topological polar surface area (TPSA) is 99.9 Å². The van der Waals surface area contributed by atoms with Gasteiger partial charge in [0.05, 0.1) is 49.7 Å². The molecule has 1 N–H and O–H groups in total. The molecule has 0 amide bonds. The van der Waals surface area contributed by atoms with E-state index in [-0.39, 0.29) is 36.4 Å². The average molecular weight is 460 g/mol. The number of nitrogens with zero attached hydrogens (tertiary/aromatic N) is 2. The Morgan fingerprint density at radius 1 is 1.26 bits per heavy atom. The number of aliphatic carboxylic acids is 1. The monoisotopic (exact) mass is 460 g/mol. The third-order valence-electron chi connectivity index (χ3n) is 4.08. The van der Waals surface area contributed by atoms with Gasteiger partial charge >= 0.3 is 12.1 Å². The molecular weight excluding hydrogens is 437 g/mol. The van der Waals surface area contributed by atoms with Gasteiger partial charge in [-0.05, 0) is 24.6 Å². The molecule has 0 aliphatic rings. The number of hydrogen-bond donors (Lipinski definition) is 1. The maximum absolute atomic E-state index is 13.7. The van der Waals surface area contributed by atoms with Crippen molar-refractivity contribution in [2.75, 3.05) is 20.3 Å². The van der Waals surface area contributed by atoms with Crippen molar-refractivity contribution in [2.45, 2.75) is 31.3 Å². The summed E-state index contributed by atoms with van der Waals surface area (Å²) >= 11 is 0. The number of methoxy groups -OCH3 is 1. The molecule has 0 aliphatic heterocycles. The molecule has 0 fully saturated rings. The number of benzene rings is 1. The summed E-state index contributed by atoms with van der Waals surface area (Å²) in [7, 11) is 1.73. The van der Waals surface area contributed by atoms with E-state index in [9.17, 15) is 22.8 Å². The van der Waals surface area contributed by atoms with E-state index in [2.05, 4.69) is 5.10 Å². The number of hydrogen-bond acceptors (Lipinski definition) is 6. The highest BCUT2D eigenvalue weighted by Gasteiger charge is 2.40. The van der Waals surface area contributed by atoms with Gasteiger partial charge in [-0.3, -0.25) is 9.59 Å². The molecule has 0 saturated heterocycles. The largest absolute Gasteiger partial charge is 0.497 e. The number of aromatic nitrogens is 2. The minimum atomic E-state index is -4.96. The fourth-order valence-corrected chi connectivity index (χ4v) is 3.06. The smallest absolute Gasteiger partial charge is 0.425 e. The van der Waals surface area contributed by atoms with Gasteiger partial charge in [0.15, 0.2) is 11.3 Å². The van der Waals surface area contributed by atoms with E-state index in [0.717, 1.165) is 6.20 Å². The van der Waals surface area contributed by atoms with Crippen molar-refractivity contribution in [3.8, 4) is 11.5 Å². The molecule has 8 nitrogen and oxygen atoms in total. The van der Waals surface area contributed by atoms with Crippen LogP contribution in [0.2, 0.25) is 0 Å². The molecule has 1 atom stereocenters. The highest BCUT2D eigenvalue weighted by molar-refractivity contribution is 6.14. The molecule has 170 valence electrons. The Balaban J connectivity index is 2.26. The summed E-state index contributed by atoms with van der Waals surface area (Å²) in [5, 5.41) is 11.3. The van der Waals surface area contributed by atoms with Crippen LogP contribution in [0.15, 0.2) is 35.3 Å². The lowest BCUT2D eigenvalue weighted by molar-refractivity contribution is -0.142. The summed E-state index contributed by atoms with van der Waals surface area (Å²) in [6, 6.07) is 6.49. The van der Waals surface area contributed by atoms with E-state index in [1.807, 2.05) is 0 Å². The maximum atomic E-state index is 13.7. The van der Waals surface area contributed by atoms with Crippen molar-refractivity contribution in [3.63, 3.8) is 0 Å². The zero-order valence-electron chi connectivity index (χ0n) is 17.2. The van der Waals surface area contributed by atoms with Crippen molar-refractivity contribution in [2.24, 2.45) is 0 Å². The first kappa shape index (κ1) is 24.4. The summed E-state index contributed by atoms with van der Waals surface area (Å²) in [6.45, 7) is 1.12. The highest BCUT2D eigenvalue weighted by atomic mass is 28.1. The first-order valence-electron chi connectivity index (χ1n) is 9.22. The lowest BCUT2D eigenvalue weighted by atomic mass is 10.2. The Labute approximate surface area is 179 Å². The normalized spacial score (nSPS) is 13.6. The van der Waals surface area contributed by atoms with E-state index in [1.165, 1.54) is 14.0 Å². The average Bonchev–Trinajstić information content (AvgIpc) is 2.66. The van der Waals surface area contributed by atoms with Gasteiger partial charge in [0.2, 0.25) is 0 Å². The van der Waals surface area contributed by atoms with Crippen LogP contribution >= 0.6 is 0 Å². The van der Waals surface area contributed by atoms with E-state index in [4.69, 9.17) is 19.3 Å². The van der Waals surface area contributed by atoms with Crippen LogP contribution < -0.4 is 15.0 Å². The van der Waals surface area contributed by atoms with Crippen LogP contribution in [0.4, 0.5) is 13.2 Å². The Morgan fingerprint density at radius 3 is 2.45 bits per heavy atom. The molecule has 2 aromatic rings. The van der Waals surface area contributed by atoms with Crippen LogP contribution in [-0.4, -0.2) is 56.6 Å². The highest BCUT2D eigenvalue weighted by Crippen LogP contribution is 2.34. The molecule has 0 unspecified atom stereocenters. The van der Waals surface area contributed by atoms with Gasteiger partial charge in [0, 0.05) is 0 Å². The summed E-state index contributed by atoms with van der Waals surface area (Å²) in [5.74, 6) is -1.18. The van der Waals surface area contributed by atoms with Crippen LogP contribution in [0.1, 0.15) is 24.5 Å². The lowest BCUT2D eigenvalue weighted by Crippen LogP contribution is -2.41. The number of carboxylic acids is 1. The number of ether oxygens (including phenoxy) is 3. The minimum absolute atomic E-state index is 0.107. The van der Waals surface area contributed by atoms with Gasteiger partial charge in [0.1, 0.15) is 11.0 Å². The fourth-order valence-electron chi connectivity index (χ4n) is 2.63. The van der Waals surface area contributed by atoms with Crippen molar-refractivity contribution in [3.05, 3.63) is 51.9 Å². The van der Waals surface area contributed by atoms with Crippen molar-refractivity contribution >= 4 is 16.2 Å². The molecule has 2 rings (SSSR count). The molecule has 0 aliphatic carbocycles. The zero-order valence-corrected chi connectivity index (χ0v) is 19.2. The Hall–Kier alpha value is -2.86. The number of alkyl halides is 3. The van der Waals surface area contributed by atoms with E-state index < -0.39 is 34.2 Å². The van der Waals surface area contributed by atoms with Gasteiger partial charge in [0.25, 0.3) is 5.56 Å². The second-order valence-corrected chi connectivity index (χ2v) is 9.37. The van der Waals surface area contributed by atoms with Crippen molar-refractivity contribution in [1.29, 1.82) is 0 Å². The van der Waals surface area contributed by atoms with Crippen LogP contribution in [0, 0.1) is 0 Å². The molecule has 0 saturated carbocycles. The van der Waals surface area contributed by atoms with E-state index in [1.54, 1.807) is 24.3 Å². The Bertz CT molecular complexity index is 961. The molecule has 12 heteroatoms. The molecule has 0 spiro atoms. The number of rotatable bonds is 10. The van der Waals surface area contributed by atoms with E-state index in [0.29, 0.717) is 16.0 Å². The summed E-state index contributed by atoms with van der Waals surface area (Å²) in [4.78, 5) is 23.1. The molecule has 1 aromatic carbocycles. The summed E-state index contributed by atoms with van der Waals surface area (Å²) in [5.41, 5.74) is -2.22. The lowest BCUT2D eigenvalue weighted by Gasteiger charge is -2.28. The molecule has 1 heterocycles. The van der Waals surface area contributed by atoms with Crippen LogP contribution in [0.25, 0.3) is 0 Å². The van der Waals surface area contributed by atoms with Crippen LogP contribution in [0.3, 0.4) is 0 Å². The minimum Gasteiger partial charge on any atom is -0.497 e. The first-order valence-corrected chi connectivity index (χ1v) is 10.2. The number of carbonyl (C=O) groups is 1. The SMILES string of the molecule is COc1ccc(Cn2ncc(O[C@@](C)([SiH3])COCCC(=O)O)c(C(F)(F)F)c2=O)cc1. The molecule has 0 bridgehead atoms. The third-order valence-corrected chi connectivity index (χ3v) is 4.57. The second-order valence-electron chi connectivity index (χ2n) is 7.25. The van der Waals surface area contributed by atoms with Gasteiger partial charge in [-0.15, -0.1) is 0 Å². The molecule has 0 radical (unpaired) electrons. The van der Waals surface area contributed by atoms with Crippen molar-refractivity contribution < 1.29 is 37.3 Å². The standard InChI is InChI=1S/C19H23F3N2O6Si/c1-18(31,11-29-8-7-15(25)26)30-14-9-23-24(17(27)16(14)19(20,21)22)10-12-3-5-13(28-2)6-4-12/h3-6,9H,7-8,10-11H2,1-2,31H3,(H,25,26)/t18-/m0/s1. The third kappa shape index (κ3) is 7.10. The Morgan fingerprint density at radius 2 is 1.90 bits per heavy atom. The fraction of sp³-hybridized carbons (Fsp3) is 0.421. The van der Waals surface area contributed by atoms with Crippen LogP contribution in [-0.2, 0) is 22.3 Å². The van der Waals surface area contributed by atoms with Gasteiger partial charge < -0.3 is 19.3 Å². The second kappa shape index (κ2) is 9.96. The van der Waals surface area contributed by atoms with Gasteiger partial charge in [-0.25, -0.2) is 4.68 Å². The number of halogens is 3. The maximum Gasteiger partial charge on any atom is 0.425 e. The quantitative estimate of drug-likeness (QED) is 0.421.